The minimum atomic E-state index is -2.69. The van der Waals surface area contributed by atoms with Crippen molar-refractivity contribution in [3.05, 3.63) is 52.6 Å². The zero-order valence-corrected chi connectivity index (χ0v) is 20.1. The second-order valence-electron chi connectivity index (χ2n) is 9.97. The first kappa shape index (κ1) is 24.3. The molecule has 1 aromatic heterocycles. The molecule has 2 fully saturated rings. The monoisotopic (exact) mass is 523 g/mol. The van der Waals surface area contributed by atoms with E-state index >= 15 is 0 Å². The van der Waals surface area contributed by atoms with E-state index in [2.05, 4.69) is 4.98 Å². The number of nitrogens with zero attached hydrogens (tertiary/aromatic N) is 2. The second-order valence-corrected chi connectivity index (χ2v) is 9.97. The number of ketones is 2. The van der Waals surface area contributed by atoms with Crippen LogP contribution in [-0.4, -0.2) is 85.7 Å². The molecule has 12 nitrogen and oxygen atoms in total. The van der Waals surface area contributed by atoms with Crippen LogP contribution < -0.4 is 5.73 Å². The molecule has 2 aromatic rings. The first-order valence-electron chi connectivity index (χ1n) is 12.2. The van der Waals surface area contributed by atoms with Gasteiger partial charge in [-0.05, 0) is 36.5 Å². The van der Waals surface area contributed by atoms with E-state index in [1.807, 2.05) is 0 Å². The van der Waals surface area contributed by atoms with E-state index in [4.69, 9.17) is 14.9 Å². The van der Waals surface area contributed by atoms with Gasteiger partial charge in [0.05, 0.1) is 31.0 Å². The number of oxazole rings is 1. The van der Waals surface area contributed by atoms with Crippen molar-refractivity contribution < 1.29 is 44.0 Å². The third-order valence-electron chi connectivity index (χ3n) is 8.15. The topological polar surface area (TPSA) is 197 Å². The van der Waals surface area contributed by atoms with Gasteiger partial charge in [-0.15, -0.1) is 0 Å². The number of Topliss-reactive ketones (excluding diaryl/α,β-unsaturated/α-hetero) is 2. The number of aromatic hydroxyl groups is 1. The first-order valence-corrected chi connectivity index (χ1v) is 12.2. The molecule has 6 N–H and O–H groups in total. The molecule has 1 aliphatic heterocycles. The standard InChI is InChI=1S/C26H25N3O9/c27-24(35)18-21(32)19(29-4-7-37-8-5-29)14-10-11-9-13-12(25-28-3-6-38-25)1-2-15(30)17(13)20(31)16(11)22(33)26(14,36)23(18)34/h1-3,6,11,14,19,30-31,34,36H,4-5,7-10H2,(H2,27,35)/t11-,14-,19+,26-/m0/s1. The highest BCUT2D eigenvalue weighted by Crippen LogP contribution is 2.53. The van der Waals surface area contributed by atoms with Gasteiger partial charge in [0.15, 0.2) is 11.4 Å². The number of carbonyl (C=O) groups excluding carboxylic acids is 3. The van der Waals surface area contributed by atoms with Crippen LogP contribution in [0.1, 0.15) is 17.5 Å². The number of fused-ring (bicyclic) bond motifs is 3. The molecule has 4 atom stereocenters. The molecular weight excluding hydrogens is 498 g/mol. The number of morpholine rings is 1. The smallest absolute Gasteiger partial charge is 0.255 e. The van der Waals surface area contributed by atoms with E-state index < -0.39 is 58.0 Å². The predicted molar refractivity (Wildman–Crippen MR) is 128 cm³/mol. The van der Waals surface area contributed by atoms with E-state index in [9.17, 15) is 34.8 Å². The maximum Gasteiger partial charge on any atom is 0.255 e. The lowest BCUT2D eigenvalue weighted by Gasteiger charge is -2.51. The van der Waals surface area contributed by atoms with E-state index in [0.717, 1.165) is 0 Å². The summed E-state index contributed by atoms with van der Waals surface area (Å²) in [5.74, 6) is -6.65. The highest BCUT2D eigenvalue weighted by atomic mass is 16.5. The second kappa shape index (κ2) is 8.51. The average Bonchev–Trinajstić information content (AvgIpc) is 3.41. The minimum absolute atomic E-state index is 0.00557. The number of rotatable bonds is 3. The molecule has 2 heterocycles. The number of hydrogen-bond acceptors (Lipinski definition) is 11. The molecule has 12 heteroatoms. The number of aliphatic hydroxyl groups excluding tert-OH is 2. The Kier molecular flexibility index (Phi) is 5.45. The van der Waals surface area contributed by atoms with Crippen molar-refractivity contribution in [1.29, 1.82) is 0 Å². The van der Waals surface area contributed by atoms with Gasteiger partial charge >= 0.3 is 0 Å². The summed E-state index contributed by atoms with van der Waals surface area (Å²) in [6, 6.07) is 1.79. The van der Waals surface area contributed by atoms with Gasteiger partial charge in [-0.25, -0.2) is 4.98 Å². The number of ether oxygens (including phenoxy) is 1. The number of phenols is 1. The molecule has 38 heavy (non-hydrogen) atoms. The van der Waals surface area contributed by atoms with Gasteiger partial charge in [-0.1, -0.05) is 0 Å². The van der Waals surface area contributed by atoms with Gasteiger partial charge in [-0.2, -0.15) is 0 Å². The van der Waals surface area contributed by atoms with Crippen LogP contribution in [0.3, 0.4) is 0 Å². The van der Waals surface area contributed by atoms with Crippen molar-refractivity contribution in [3.63, 3.8) is 0 Å². The summed E-state index contributed by atoms with van der Waals surface area (Å²) >= 11 is 0. The van der Waals surface area contributed by atoms with E-state index in [0.29, 0.717) is 37.4 Å². The quantitative estimate of drug-likeness (QED) is 0.349. The third kappa shape index (κ3) is 3.20. The van der Waals surface area contributed by atoms with Crippen LogP contribution in [-0.2, 0) is 25.5 Å². The van der Waals surface area contributed by atoms with Crippen LogP contribution in [0.5, 0.6) is 5.75 Å². The number of amides is 1. The van der Waals surface area contributed by atoms with E-state index in [1.165, 1.54) is 18.5 Å². The summed E-state index contributed by atoms with van der Waals surface area (Å²) in [7, 11) is 0. The van der Waals surface area contributed by atoms with Crippen LogP contribution in [0, 0.1) is 11.8 Å². The minimum Gasteiger partial charge on any atom is -0.508 e. The number of benzene rings is 1. The highest BCUT2D eigenvalue weighted by molar-refractivity contribution is 6.24. The molecular formula is C26H25N3O9. The Morgan fingerprint density at radius 1 is 1.16 bits per heavy atom. The van der Waals surface area contributed by atoms with Crippen molar-refractivity contribution in [2.45, 2.75) is 24.5 Å². The van der Waals surface area contributed by atoms with Crippen molar-refractivity contribution in [1.82, 2.24) is 9.88 Å². The number of aromatic nitrogens is 1. The highest BCUT2D eigenvalue weighted by Gasteiger charge is 2.64. The van der Waals surface area contributed by atoms with Gasteiger partial charge in [0.1, 0.15) is 29.1 Å². The molecule has 0 unspecified atom stereocenters. The van der Waals surface area contributed by atoms with Crippen molar-refractivity contribution in [3.8, 4) is 17.2 Å². The number of phenolic OH excluding ortho intramolecular Hbond substituents is 1. The van der Waals surface area contributed by atoms with Crippen LogP contribution in [0.4, 0.5) is 0 Å². The number of aliphatic hydroxyl groups is 3. The molecule has 1 amide bonds. The molecule has 3 aliphatic carbocycles. The maximum atomic E-state index is 14.0. The Hall–Kier alpha value is -4.00. The Morgan fingerprint density at radius 3 is 2.55 bits per heavy atom. The van der Waals surface area contributed by atoms with Gasteiger partial charge in [0.2, 0.25) is 11.7 Å². The van der Waals surface area contributed by atoms with Gasteiger partial charge < -0.3 is 35.3 Å². The van der Waals surface area contributed by atoms with E-state index in [-0.39, 0.29) is 35.6 Å². The fraction of sp³-hybridized carbons (Fsp3) is 0.385. The van der Waals surface area contributed by atoms with Gasteiger partial charge in [-0.3, -0.25) is 19.3 Å². The Bertz CT molecular complexity index is 1440. The van der Waals surface area contributed by atoms with Crippen LogP contribution in [0.25, 0.3) is 17.2 Å². The van der Waals surface area contributed by atoms with Crippen LogP contribution >= 0.6 is 0 Å². The van der Waals surface area contributed by atoms with Crippen molar-refractivity contribution >= 4 is 23.2 Å². The molecule has 4 aliphatic rings. The lowest BCUT2D eigenvalue weighted by molar-refractivity contribution is -0.157. The summed E-state index contributed by atoms with van der Waals surface area (Å²) in [6.07, 6.45) is 2.99. The molecule has 0 radical (unpaired) electrons. The maximum absolute atomic E-state index is 14.0. The lowest BCUT2D eigenvalue weighted by Crippen LogP contribution is -2.67. The van der Waals surface area contributed by atoms with Gasteiger partial charge in [0.25, 0.3) is 5.91 Å². The number of hydrogen-bond donors (Lipinski definition) is 5. The summed E-state index contributed by atoms with van der Waals surface area (Å²) in [5, 5.41) is 44.8. The fourth-order valence-electron chi connectivity index (χ4n) is 6.48. The van der Waals surface area contributed by atoms with Crippen LogP contribution in [0.2, 0.25) is 0 Å². The lowest BCUT2D eigenvalue weighted by atomic mass is 9.57. The molecule has 1 saturated carbocycles. The van der Waals surface area contributed by atoms with Crippen molar-refractivity contribution in [2.75, 3.05) is 26.3 Å². The third-order valence-corrected chi connectivity index (χ3v) is 8.15. The number of nitrogens with two attached hydrogens (primary N) is 1. The average molecular weight is 523 g/mol. The SMILES string of the molecule is NC(=O)C1=C(O)[C@@]2(O)C(=O)C3=C(O)c4c(O)ccc(-c5ncco5)c4C[C@H]3C[C@H]2[C@@H](N2CCOCC2)C1=O. The number of carbonyl (C=O) groups is 3. The Balaban J connectivity index is 1.55. The zero-order chi connectivity index (χ0) is 26.9. The first-order chi connectivity index (χ1) is 18.2. The molecule has 198 valence electrons. The van der Waals surface area contributed by atoms with E-state index in [1.54, 1.807) is 11.0 Å². The number of primary amides is 1. The van der Waals surface area contributed by atoms with Crippen LogP contribution in [0.15, 0.2) is 45.9 Å². The molecule has 6 rings (SSSR count). The summed E-state index contributed by atoms with van der Waals surface area (Å²) in [5.41, 5.74) is 2.66. The summed E-state index contributed by atoms with van der Waals surface area (Å²) in [4.78, 5) is 45.6. The Labute approximate surface area is 215 Å². The molecule has 0 spiro atoms. The van der Waals surface area contributed by atoms with Crippen molar-refractivity contribution in [2.24, 2.45) is 17.6 Å². The molecule has 1 aromatic carbocycles. The largest absolute Gasteiger partial charge is 0.508 e. The predicted octanol–water partition coefficient (Wildman–Crippen LogP) is 0.390. The molecule has 1 saturated heterocycles. The summed E-state index contributed by atoms with van der Waals surface area (Å²) in [6.45, 7) is 1.19. The van der Waals surface area contributed by atoms with Gasteiger partial charge in [0, 0.05) is 30.1 Å². The zero-order valence-electron chi connectivity index (χ0n) is 20.1. The normalized spacial score (nSPS) is 29.7. The fourth-order valence-corrected chi connectivity index (χ4v) is 6.48. The Morgan fingerprint density at radius 2 is 1.89 bits per heavy atom. The summed E-state index contributed by atoms with van der Waals surface area (Å²) < 4.78 is 10.8. The molecule has 0 bridgehead atoms.